The molecular formula is C18H24O4. The van der Waals surface area contributed by atoms with Gasteiger partial charge in [0, 0.05) is 0 Å². The molecule has 1 fully saturated rings. The molecule has 4 nitrogen and oxygen atoms in total. The highest BCUT2D eigenvalue weighted by atomic mass is 16.5. The molecule has 0 saturated heterocycles. The van der Waals surface area contributed by atoms with E-state index in [1.807, 2.05) is 6.92 Å². The summed E-state index contributed by atoms with van der Waals surface area (Å²) in [5, 5.41) is 0. The second-order valence-electron chi connectivity index (χ2n) is 5.82. The molecule has 0 N–H and O–H groups in total. The van der Waals surface area contributed by atoms with Crippen LogP contribution in [-0.2, 0) is 9.47 Å². The first kappa shape index (κ1) is 16.5. The maximum absolute atomic E-state index is 12.1. The van der Waals surface area contributed by atoms with E-state index in [0.717, 1.165) is 25.7 Å². The topological polar surface area (TPSA) is 52.6 Å². The molecule has 1 aliphatic rings. The minimum Gasteiger partial charge on any atom is -0.462 e. The van der Waals surface area contributed by atoms with Crippen molar-refractivity contribution in [1.82, 2.24) is 0 Å². The van der Waals surface area contributed by atoms with E-state index in [1.165, 1.54) is 12.8 Å². The van der Waals surface area contributed by atoms with E-state index in [-0.39, 0.29) is 11.9 Å². The average molecular weight is 304 g/mol. The predicted octanol–water partition coefficient (Wildman–Crippen LogP) is 3.99. The number of benzene rings is 1. The van der Waals surface area contributed by atoms with E-state index in [1.54, 1.807) is 24.3 Å². The van der Waals surface area contributed by atoms with Crippen LogP contribution in [0.2, 0.25) is 0 Å². The Hall–Kier alpha value is -1.84. The minimum atomic E-state index is -0.390. The smallest absolute Gasteiger partial charge is 0.338 e. The van der Waals surface area contributed by atoms with Crippen LogP contribution in [0.4, 0.5) is 0 Å². The number of hydrogen-bond donors (Lipinski definition) is 0. The fourth-order valence-electron chi connectivity index (χ4n) is 2.62. The summed E-state index contributed by atoms with van der Waals surface area (Å²) in [7, 11) is 0. The van der Waals surface area contributed by atoms with Gasteiger partial charge < -0.3 is 9.47 Å². The monoisotopic (exact) mass is 304 g/mol. The first-order chi connectivity index (χ1) is 10.7. The van der Waals surface area contributed by atoms with Crippen molar-refractivity contribution in [2.75, 3.05) is 13.2 Å². The maximum Gasteiger partial charge on any atom is 0.338 e. The van der Waals surface area contributed by atoms with Crippen LogP contribution in [0.3, 0.4) is 0 Å². The Morgan fingerprint density at radius 2 is 1.73 bits per heavy atom. The zero-order valence-electron chi connectivity index (χ0n) is 13.2. The molecule has 0 spiro atoms. The van der Waals surface area contributed by atoms with Crippen molar-refractivity contribution in [3.05, 3.63) is 35.4 Å². The van der Waals surface area contributed by atoms with Gasteiger partial charge in [0.25, 0.3) is 0 Å². The SMILES string of the molecule is CCCCOC(=O)c1cccc(C(=O)OCC2CCCC2)c1. The molecule has 0 atom stereocenters. The minimum absolute atomic E-state index is 0.366. The molecule has 0 amide bonds. The molecule has 0 unspecified atom stereocenters. The Kier molecular flexibility index (Phi) is 6.44. The van der Waals surface area contributed by atoms with E-state index >= 15 is 0 Å². The highest BCUT2D eigenvalue weighted by Crippen LogP contribution is 2.25. The number of carbonyl (C=O) groups is 2. The van der Waals surface area contributed by atoms with Crippen molar-refractivity contribution >= 4 is 11.9 Å². The molecule has 120 valence electrons. The van der Waals surface area contributed by atoms with Crippen LogP contribution < -0.4 is 0 Å². The van der Waals surface area contributed by atoms with Crippen molar-refractivity contribution in [2.24, 2.45) is 5.92 Å². The summed E-state index contributed by atoms with van der Waals surface area (Å²) in [6.45, 7) is 2.92. The summed E-state index contributed by atoms with van der Waals surface area (Å²) in [6.07, 6.45) is 6.53. The molecule has 0 aliphatic heterocycles. The lowest BCUT2D eigenvalue weighted by molar-refractivity contribution is 0.0442. The fraction of sp³-hybridized carbons (Fsp3) is 0.556. The van der Waals surface area contributed by atoms with Crippen molar-refractivity contribution in [1.29, 1.82) is 0 Å². The van der Waals surface area contributed by atoms with Crippen molar-refractivity contribution in [3.63, 3.8) is 0 Å². The van der Waals surface area contributed by atoms with Gasteiger partial charge in [0.1, 0.15) is 0 Å². The van der Waals surface area contributed by atoms with Crippen LogP contribution in [-0.4, -0.2) is 25.2 Å². The molecule has 22 heavy (non-hydrogen) atoms. The lowest BCUT2D eigenvalue weighted by Gasteiger charge is -2.10. The average Bonchev–Trinajstić information content (AvgIpc) is 3.06. The molecule has 4 heteroatoms. The molecular weight excluding hydrogens is 280 g/mol. The van der Waals surface area contributed by atoms with Crippen molar-refractivity contribution in [2.45, 2.75) is 45.4 Å². The van der Waals surface area contributed by atoms with Crippen LogP contribution >= 0.6 is 0 Å². The Bertz CT molecular complexity index is 504. The molecule has 1 saturated carbocycles. The number of unbranched alkanes of at least 4 members (excludes halogenated alkanes) is 1. The summed E-state index contributed by atoms with van der Waals surface area (Å²) in [5.41, 5.74) is 0.800. The van der Waals surface area contributed by atoms with Gasteiger partial charge in [-0.25, -0.2) is 9.59 Å². The normalized spacial score (nSPS) is 14.8. The van der Waals surface area contributed by atoms with Crippen molar-refractivity contribution in [3.8, 4) is 0 Å². The second-order valence-corrected chi connectivity index (χ2v) is 5.82. The number of carbonyl (C=O) groups excluding carboxylic acids is 2. The lowest BCUT2D eigenvalue weighted by atomic mass is 10.1. The third kappa shape index (κ3) is 4.86. The van der Waals surface area contributed by atoms with E-state index in [0.29, 0.717) is 30.3 Å². The molecule has 0 aromatic heterocycles. The molecule has 1 aromatic rings. The summed E-state index contributed by atoms with van der Waals surface area (Å²) in [4.78, 5) is 23.9. The Labute approximate surface area is 131 Å². The van der Waals surface area contributed by atoms with Gasteiger partial charge in [-0.15, -0.1) is 0 Å². The van der Waals surface area contributed by atoms with Gasteiger partial charge in [0.15, 0.2) is 0 Å². The third-order valence-corrected chi connectivity index (χ3v) is 3.99. The maximum atomic E-state index is 12.1. The van der Waals surface area contributed by atoms with Gasteiger partial charge in [-0.2, -0.15) is 0 Å². The molecule has 0 bridgehead atoms. The zero-order valence-corrected chi connectivity index (χ0v) is 13.2. The molecule has 0 radical (unpaired) electrons. The number of hydrogen-bond acceptors (Lipinski definition) is 4. The molecule has 1 aromatic carbocycles. The third-order valence-electron chi connectivity index (χ3n) is 3.99. The lowest BCUT2D eigenvalue weighted by Crippen LogP contribution is -2.13. The highest BCUT2D eigenvalue weighted by molar-refractivity contribution is 5.95. The van der Waals surface area contributed by atoms with E-state index in [9.17, 15) is 9.59 Å². The number of ether oxygens (including phenoxy) is 2. The Morgan fingerprint density at radius 1 is 1.09 bits per heavy atom. The zero-order chi connectivity index (χ0) is 15.8. The quantitative estimate of drug-likeness (QED) is 0.564. The molecule has 2 rings (SSSR count). The van der Waals surface area contributed by atoms with Crippen LogP contribution in [0.25, 0.3) is 0 Å². The fourth-order valence-corrected chi connectivity index (χ4v) is 2.62. The van der Waals surface area contributed by atoms with Gasteiger partial charge in [-0.1, -0.05) is 32.3 Å². The summed E-state index contributed by atoms with van der Waals surface area (Å²) in [5.74, 6) is -0.264. The van der Waals surface area contributed by atoms with Crippen molar-refractivity contribution < 1.29 is 19.1 Å². The van der Waals surface area contributed by atoms with Gasteiger partial charge >= 0.3 is 11.9 Å². The van der Waals surface area contributed by atoms with Gasteiger partial charge in [-0.05, 0) is 43.4 Å². The first-order valence-corrected chi connectivity index (χ1v) is 8.15. The first-order valence-electron chi connectivity index (χ1n) is 8.15. The van der Waals surface area contributed by atoms with Gasteiger partial charge in [-0.3, -0.25) is 0 Å². The van der Waals surface area contributed by atoms with Gasteiger partial charge in [0.05, 0.1) is 24.3 Å². The van der Waals surface area contributed by atoms with Crippen LogP contribution in [0.15, 0.2) is 24.3 Å². The van der Waals surface area contributed by atoms with Crippen LogP contribution in [0.5, 0.6) is 0 Å². The summed E-state index contributed by atoms with van der Waals surface area (Å²) < 4.78 is 10.5. The largest absolute Gasteiger partial charge is 0.462 e. The van der Waals surface area contributed by atoms with E-state index < -0.39 is 0 Å². The summed E-state index contributed by atoms with van der Waals surface area (Å²) >= 11 is 0. The standard InChI is InChI=1S/C18H24O4/c1-2-3-11-21-17(19)15-9-6-10-16(12-15)18(20)22-13-14-7-4-5-8-14/h6,9-10,12,14H,2-5,7-8,11,13H2,1H3. The molecule has 1 aliphatic carbocycles. The number of esters is 2. The second kappa shape index (κ2) is 8.57. The predicted molar refractivity (Wildman–Crippen MR) is 83.9 cm³/mol. The van der Waals surface area contributed by atoms with Crippen LogP contribution in [0, 0.1) is 5.92 Å². The van der Waals surface area contributed by atoms with E-state index in [2.05, 4.69) is 0 Å². The number of rotatable bonds is 7. The van der Waals surface area contributed by atoms with E-state index in [4.69, 9.17) is 9.47 Å². The summed E-state index contributed by atoms with van der Waals surface area (Å²) in [6, 6.07) is 6.55. The highest BCUT2D eigenvalue weighted by Gasteiger charge is 2.18. The van der Waals surface area contributed by atoms with Gasteiger partial charge in [0.2, 0.25) is 0 Å². The van der Waals surface area contributed by atoms with Crippen LogP contribution in [0.1, 0.15) is 66.2 Å². The Balaban J connectivity index is 1.89. The Morgan fingerprint density at radius 3 is 2.36 bits per heavy atom. The molecule has 0 heterocycles.